The number of amides is 1. The molecule has 160 valence electrons. The van der Waals surface area contributed by atoms with Crippen LogP contribution in [0, 0.1) is 6.92 Å². The van der Waals surface area contributed by atoms with Crippen LogP contribution in [0.15, 0.2) is 48.7 Å². The van der Waals surface area contributed by atoms with Crippen LogP contribution in [-0.2, 0) is 0 Å². The third kappa shape index (κ3) is 4.01. The molecule has 7 nitrogen and oxygen atoms in total. The molecule has 1 amide bonds. The summed E-state index contributed by atoms with van der Waals surface area (Å²) in [4.78, 5) is 13.3. The fraction of sp³-hybridized carbons (Fsp3) is 0.333. The molecule has 0 atom stereocenters. The third-order valence-electron chi connectivity index (χ3n) is 5.82. The number of carbonyl (C=O) groups is 1. The summed E-state index contributed by atoms with van der Waals surface area (Å²) in [5.74, 6) is 1.46. The SMILES string of the molecule is Cc1cccc(-n2ncc(C(=O)Nc3ccc4c(c3)OCCO4)c2C2CCNCC2)c1. The molecular weight excluding hydrogens is 392 g/mol. The number of nitrogens with zero attached hydrogens (tertiary/aromatic N) is 2. The predicted octanol–water partition coefficient (Wildman–Crippen LogP) is 3.67. The Morgan fingerprint density at radius 2 is 1.90 bits per heavy atom. The average molecular weight is 418 g/mol. The van der Waals surface area contributed by atoms with E-state index in [0.29, 0.717) is 36.0 Å². The first kappa shape index (κ1) is 19.6. The van der Waals surface area contributed by atoms with Gasteiger partial charge in [0, 0.05) is 17.7 Å². The van der Waals surface area contributed by atoms with E-state index in [1.165, 1.54) is 0 Å². The van der Waals surface area contributed by atoms with Crippen LogP contribution in [0.25, 0.3) is 5.69 Å². The van der Waals surface area contributed by atoms with Crippen molar-refractivity contribution < 1.29 is 14.3 Å². The van der Waals surface area contributed by atoms with Gasteiger partial charge in [0.2, 0.25) is 0 Å². The lowest BCUT2D eigenvalue weighted by atomic mass is 9.91. The van der Waals surface area contributed by atoms with Crippen molar-refractivity contribution in [1.82, 2.24) is 15.1 Å². The van der Waals surface area contributed by atoms with Gasteiger partial charge in [-0.25, -0.2) is 4.68 Å². The van der Waals surface area contributed by atoms with Crippen LogP contribution in [0.1, 0.15) is 40.4 Å². The molecule has 2 N–H and O–H groups in total. The molecule has 0 bridgehead atoms. The maximum absolute atomic E-state index is 13.3. The minimum Gasteiger partial charge on any atom is -0.486 e. The highest BCUT2D eigenvalue weighted by atomic mass is 16.6. The maximum atomic E-state index is 13.3. The van der Waals surface area contributed by atoms with Crippen LogP contribution >= 0.6 is 0 Å². The first-order chi connectivity index (χ1) is 15.2. The number of aromatic nitrogens is 2. The molecule has 31 heavy (non-hydrogen) atoms. The van der Waals surface area contributed by atoms with Gasteiger partial charge in [0.15, 0.2) is 11.5 Å². The number of fused-ring (bicyclic) bond motifs is 1. The number of ether oxygens (including phenoxy) is 2. The number of anilines is 1. The summed E-state index contributed by atoms with van der Waals surface area (Å²) in [6.45, 7) is 4.98. The molecule has 2 aliphatic rings. The molecule has 2 aromatic carbocycles. The Kier molecular flexibility index (Phi) is 5.34. The topological polar surface area (TPSA) is 77.4 Å². The standard InChI is InChI=1S/C24H26N4O3/c1-16-3-2-4-19(13-16)28-23(17-7-9-25-10-8-17)20(15-26-28)24(29)27-18-5-6-21-22(14-18)31-12-11-30-21/h2-6,13-15,17,25H,7-12H2,1H3,(H,27,29). The van der Waals surface area contributed by atoms with Crippen molar-refractivity contribution in [3.63, 3.8) is 0 Å². The summed E-state index contributed by atoms with van der Waals surface area (Å²) in [6.07, 6.45) is 3.64. The van der Waals surface area contributed by atoms with Gasteiger partial charge in [0.1, 0.15) is 13.2 Å². The Morgan fingerprint density at radius 3 is 2.71 bits per heavy atom. The zero-order chi connectivity index (χ0) is 21.2. The fourth-order valence-electron chi connectivity index (χ4n) is 4.31. The second-order valence-corrected chi connectivity index (χ2v) is 8.03. The van der Waals surface area contributed by atoms with Gasteiger partial charge in [-0.2, -0.15) is 5.10 Å². The van der Waals surface area contributed by atoms with Crippen LogP contribution in [0.3, 0.4) is 0 Å². The van der Waals surface area contributed by atoms with E-state index in [-0.39, 0.29) is 11.8 Å². The molecule has 0 saturated carbocycles. The van der Waals surface area contributed by atoms with Crippen LogP contribution in [0.2, 0.25) is 0 Å². The smallest absolute Gasteiger partial charge is 0.259 e. The lowest BCUT2D eigenvalue weighted by Crippen LogP contribution is -2.29. The molecule has 3 heterocycles. The minimum atomic E-state index is -0.163. The molecule has 1 fully saturated rings. The molecule has 5 rings (SSSR count). The van der Waals surface area contributed by atoms with Crippen LogP contribution in [0.5, 0.6) is 11.5 Å². The molecule has 1 saturated heterocycles. The molecule has 0 aliphatic carbocycles. The van der Waals surface area contributed by atoms with E-state index < -0.39 is 0 Å². The largest absolute Gasteiger partial charge is 0.486 e. The number of aryl methyl sites for hydroxylation is 1. The van der Waals surface area contributed by atoms with Crippen molar-refractivity contribution in [3.8, 4) is 17.2 Å². The highest BCUT2D eigenvalue weighted by molar-refractivity contribution is 6.05. The lowest BCUT2D eigenvalue weighted by molar-refractivity contribution is 0.102. The van der Waals surface area contributed by atoms with E-state index in [1.807, 2.05) is 35.0 Å². The molecule has 7 heteroatoms. The van der Waals surface area contributed by atoms with Gasteiger partial charge >= 0.3 is 0 Å². The number of benzene rings is 2. The van der Waals surface area contributed by atoms with Crippen molar-refractivity contribution in [2.45, 2.75) is 25.7 Å². The third-order valence-corrected chi connectivity index (χ3v) is 5.82. The number of piperidine rings is 1. The zero-order valence-electron chi connectivity index (χ0n) is 17.6. The van der Waals surface area contributed by atoms with Gasteiger partial charge in [0.25, 0.3) is 5.91 Å². The molecule has 2 aliphatic heterocycles. The minimum absolute atomic E-state index is 0.163. The Bertz CT molecular complexity index is 1100. The van der Waals surface area contributed by atoms with Crippen molar-refractivity contribution in [1.29, 1.82) is 0 Å². The molecule has 0 spiro atoms. The van der Waals surface area contributed by atoms with E-state index in [1.54, 1.807) is 6.20 Å². The van der Waals surface area contributed by atoms with Gasteiger partial charge in [-0.15, -0.1) is 0 Å². The predicted molar refractivity (Wildman–Crippen MR) is 119 cm³/mol. The van der Waals surface area contributed by atoms with Crippen molar-refractivity contribution in [2.75, 3.05) is 31.6 Å². The average Bonchev–Trinajstić information content (AvgIpc) is 3.25. The lowest BCUT2D eigenvalue weighted by Gasteiger charge is -2.25. The van der Waals surface area contributed by atoms with Crippen LogP contribution < -0.4 is 20.1 Å². The van der Waals surface area contributed by atoms with E-state index >= 15 is 0 Å². The summed E-state index contributed by atoms with van der Waals surface area (Å²) < 4.78 is 13.1. The number of hydrogen-bond acceptors (Lipinski definition) is 5. The second-order valence-electron chi connectivity index (χ2n) is 8.03. The number of carbonyl (C=O) groups excluding carboxylic acids is 1. The summed E-state index contributed by atoms with van der Waals surface area (Å²) in [5.41, 5.74) is 4.40. The van der Waals surface area contributed by atoms with Gasteiger partial charge in [0.05, 0.1) is 23.1 Å². The summed E-state index contributed by atoms with van der Waals surface area (Å²) in [7, 11) is 0. The first-order valence-corrected chi connectivity index (χ1v) is 10.8. The second kappa shape index (κ2) is 8.43. The molecule has 0 unspecified atom stereocenters. The summed E-state index contributed by atoms with van der Waals surface area (Å²) in [5, 5.41) is 11.1. The van der Waals surface area contributed by atoms with Crippen LogP contribution in [0.4, 0.5) is 5.69 Å². The fourth-order valence-corrected chi connectivity index (χ4v) is 4.31. The van der Waals surface area contributed by atoms with E-state index in [4.69, 9.17) is 9.47 Å². The van der Waals surface area contributed by atoms with Gasteiger partial charge in [-0.1, -0.05) is 12.1 Å². The Balaban J connectivity index is 1.48. The Hall–Kier alpha value is -3.32. The monoisotopic (exact) mass is 418 g/mol. The van der Waals surface area contributed by atoms with Gasteiger partial charge < -0.3 is 20.1 Å². The van der Waals surface area contributed by atoms with E-state index in [2.05, 4.69) is 34.8 Å². The van der Waals surface area contributed by atoms with Crippen LogP contribution in [-0.4, -0.2) is 42.0 Å². The van der Waals surface area contributed by atoms with Crippen molar-refractivity contribution in [3.05, 3.63) is 65.5 Å². The number of rotatable bonds is 4. The summed E-state index contributed by atoms with van der Waals surface area (Å²) >= 11 is 0. The molecular formula is C24H26N4O3. The van der Waals surface area contributed by atoms with Crippen molar-refractivity contribution >= 4 is 11.6 Å². The number of hydrogen-bond donors (Lipinski definition) is 2. The quantitative estimate of drug-likeness (QED) is 0.676. The highest BCUT2D eigenvalue weighted by Crippen LogP contribution is 2.34. The molecule has 0 radical (unpaired) electrons. The summed E-state index contributed by atoms with van der Waals surface area (Å²) in [6, 6.07) is 13.7. The normalized spacial score (nSPS) is 16.2. The zero-order valence-corrected chi connectivity index (χ0v) is 17.6. The van der Waals surface area contributed by atoms with E-state index in [9.17, 15) is 4.79 Å². The van der Waals surface area contributed by atoms with E-state index in [0.717, 1.165) is 42.9 Å². The first-order valence-electron chi connectivity index (χ1n) is 10.8. The highest BCUT2D eigenvalue weighted by Gasteiger charge is 2.27. The number of nitrogens with one attached hydrogen (secondary N) is 2. The van der Waals surface area contributed by atoms with Crippen molar-refractivity contribution in [2.24, 2.45) is 0 Å². The maximum Gasteiger partial charge on any atom is 0.259 e. The van der Waals surface area contributed by atoms with Gasteiger partial charge in [-0.05, 0) is 62.7 Å². The molecule has 3 aromatic rings. The molecule has 1 aromatic heterocycles. The van der Waals surface area contributed by atoms with Gasteiger partial charge in [-0.3, -0.25) is 4.79 Å². The Morgan fingerprint density at radius 1 is 1.10 bits per heavy atom. The Labute approximate surface area is 181 Å².